The highest BCUT2D eigenvalue weighted by atomic mass is 16.1. The molecule has 0 unspecified atom stereocenters. The number of hydrogen-bond donors (Lipinski definition) is 1. The Balaban J connectivity index is 0.000000261. The van der Waals surface area contributed by atoms with Crippen molar-refractivity contribution in [1.29, 1.82) is 0 Å². The Kier molecular flexibility index (Phi) is 4.92. The second kappa shape index (κ2) is 5.46. The number of rotatable bonds is 1. The molecule has 1 heterocycles. The van der Waals surface area contributed by atoms with Crippen LogP contribution >= 0.6 is 0 Å². The first-order valence-electron chi connectivity index (χ1n) is 3.95. The van der Waals surface area contributed by atoms with Gasteiger partial charge in [-0.2, -0.15) is 0 Å². The maximum Gasteiger partial charge on any atom is 0.214 e. The summed E-state index contributed by atoms with van der Waals surface area (Å²) < 4.78 is 0. The van der Waals surface area contributed by atoms with E-state index < -0.39 is 0 Å². The molecule has 0 radical (unpaired) electrons. The van der Waals surface area contributed by atoms with Gasteiger partial charge < -0.3 is 15.5 Å². The lowest BCUT2D eigenvalue weighted by molar-refractivity contribution is -0.115. The van der Waals surface area contributed by atoms with Gasteiger partial charge in [0.05, 0.1) is 6.67 Å². The third-order valence-electron chi connectivity index (χ3n) is 1.34. The molecule has 2 N–H and O–H groups in total. The summed E-state index contributed by atoms with van der Waals surface area (Å²) in [7, 11) is 2.08. The first-order valence-corrected chi connectivity index (χ1v) is 3.95. The zero-order valence-electron chi connectivity index (χ0n) is 7.95. The summed E-state index contributed by atoms with van der Waals surface area (Å²) in [6.07, 6.45) is 4.20. The van der Waals surface area contributed by atoms with Gasteiger partial charge in [0.1, 0.15) is 0 Å². The van der Waals surface area contributed by atoms with Crippen LogP contribution in [0.1, 0.15) is 13.8 Å². The molecule has 0 bridgehead atoms. The highest BCUT2D eigenvalue weighted by Crippen LogP contribution is 2.00. The van der Waals surface area contributed by atoms with E-state index in [1.165, 1.54) is 6.92 Å². The van der Waals surface area contributed by atoms with Crippen LogP contribution in [-0.4, -0.2) is 36.0 Å². The van der Waals surface area contributed by atoms with Gasteiger partial charge in [0.25, 0.3) is 0 Å². The van der Waals surface area contributed by atoms with Gasteiger partial charge >= 0.3 is 0 Å². The molecule has 1 aliphatic heterocycles. The summed E-state index contributed by atoms with van der Waals surface area (Å²) in [6, 6.07) is 0. The molecule has 0 saturated carbocycles. The Bertz CT molecular complexity index is 164. The Labute approximate surface area is 73.6 Å². The van der Waals surface area contributed by atoms with Crippen molar-refractivity contribution in [3.63, 3.8) is 0 Å². The first-order chi connectivity index (χ1) is 5.56. The predicted octanol–water partition coefficient (Wildman–Crippen LogP) is 0.174. The van der Waals surface area contributed by atoms with E-state index in [0.29, 0.717) is 0 Å². The van der Waals surface area contributed by atoms with Crippen molar-refractivity contribution in [1.82, 2.24) is 9.80 Å². The topological polar surface area (TPSA) is 49.6 Å². The maximum atomic E-state index is 9.22. The van der Waals surface area contributed by atoms with Crippen LogP contribution in [0.4, 0.5) is 0 Å². The van der Waals surface area contributed by atoms with Crippen LogP contribution in [0.2, 0.25) is 0 Å². The van der Waals surface area contributed by atoms with Crippen molar-refractivity contribution < 1.29 is 4.79 Å². The smallest absolute Gasteiger partial charge is 0.214 e. The zero-order valence-corrected chi connectivity index (χ0v) is 7.95. The van der Waals surface area contributed by atoms with Gasteiger partial charge in [-0.3, -0.25) is 4.79 Å². The summed E-state index contributed by atoms with van der Waals surface area (Å²) >= 11 is 0. The first kappa shape index (κ1) is 10.8. The van der Waals surface area contributed by atoms with E-state index in [1.807, 2.05) is 0 Å². The summed E-state index contributed by atoms with van der Waals surface area (Å²) in [6.45, 7) is 5.63. The molecule has 1 amide bonds. The van der Waals surface area contributed by atoms with Crippen molar-refractivity contribution in [3.8, 4) is 0 Å². The van der Waals surface area contributed by atoms with E-state index in [4.69, 9.17) is 0 Å². The molecule has 0 fully saturated rings. The van der Waals surface area contributed by atoms with E-state index in [0.717, 1.165) is 13.2 Å². The van der Waals surface area contributed by atoms with Crippen molar-refractivity contribution in [2.24, 2.45) is 5.73 Å². The Hall–Kier alpha value is -1.19. The molecular weight excluding hydrogens is 154 g/mol. The fraction of sp³-hybridized carbons (Fsp3) is 0.625. The van der Waals surface area contributed by atoms with Crippen molar-refractivity contribution in [2.75, 3.05) is 20.3 Å². The third-order valence-corrected chi connectivity index (χ3v) is 1.34. The average Bonchev–Trinajstić information content (AvgIpc) is 2.34. The molecule has 70 valence electrons. The predicted molar refractivity (Wildman–Crippen MR) is 49.0 cm³/mol. The summed E-state index contributed by atoms with van der Waals surface area (Å²) in [5, 5.41) is 0. The zero-order chi connectivity index (χ0) is 9.56. The van der Waals surface area contributed by atoms with Crippen molar-refractivity contribution in [2.45, 2.75) is 13.8 Å². The minimum absolute atomic E-state index is 0.333. The third kappa shape index (κ3) is 5.58. The van der Waals surface area contributed by atoms with Gasteiger partial charge in [-0.25, -0.2) is 0 Å². The van der Waals surface area contributed by atoms with Gasteiger partial charge in [-0.1, -0.05) is 0 Å². The summed E-state index contributed by atoms with van der Waals surface area (Å²) in [5.74, 6) is -0.333. The summed E-state index contributed by atoms with van der Waals surface area (Å²) in [4.78, 5) is 13.6. The molecule has 1 rings (SSSR count). The highest BCUT2D eigenvalue weighted by molar-refractivity contribution is 5.70. The lowest BCUT2D eigenvalue weighted by Crippen LogP contribution is -2.21. The van der Waals surface area contributed by atoms with E-state index in [2.05, 4.69) is 41.9 Å². The number of amides is 1. The Morgan fingerprint density at radius 3 is 2.25 bits per heavy atom. The number of carbonyl (C=O) groups excluding carboxylic acids is 1. The standard InChI is InChI=1S/C6H12N2.C2H5NO/c1-3-8-5-4-7(2)6-8;1-2(3)4/h4-5H,3,6H2,1-2H3;1H3,(H2,3,4). The quantitative estimate of drug-likeness (QED) is 0.612. The molecule has 0 aromatic rings. The fourth-order valence-corrected chi connectivity index (χ4v) is 0.794. The van der Waals surface area contributed by atoms with Crippen LogP contribution in [0.3, 0.4) is 0 Å². The van der Waals surface area contributed by atoms with Gasteiger partial charge in [0, 0.05) is 32.9 Å². The summed E-state index contributed by atoms with van der Waals surface area (Å²) in [5.41, 5.74) is 4.47. The van der Waals surface area contributed by atoms with Gasteiger partial charge in [0.2, 0.25) is 5.91 Å². The monoisotopic (exact) mass is 171 g/mol. The SMILES string of the molecule is CC(N)=O.CCN1C=CN(C)C1. The Morgan fingerprint density at radius 2 is 2.08 bits per heavy atom. The van der Waals surface area contributed by atoms with Crippen LogP contribution < -0.4 is 5.73 Å². The Morgan fingerprint density at radius 1 is 1.58 bits per heavy atom. The second-order valence-electron chi connectivity index (χ2n) is 2.71. The molecule has 0 aromatic carbocycles. The molecule has 0 atom stereocenters. The molecule has 4 nitrogen and oxygen atoms in total. The second-order valence-corrected chi connectivity index (χ2v) is 2.71. The van der Waals surface area contributed by atoms with Crippen molar-refractivity contribution in [3.05, 3.63) is 12.4 Å². The maximum absolute atomic E-state index is 9.22. The minimum atomic E-state index is -0.333. The van der Waals surface area contributed by atoms with E-state index >= 15 is 0 Å². The molecule has 12 heavy (non-hydrogen) atoms. The molecule has 0 aromatic heterocycles. The molecule has 0 saturated heterocycles. The molecule has 0 aliphatic carbocycles. The number of nitrogens with zero attached hydrogens (tertiary/aromatic N) is 2. The van der Waals surface area contributed by atoms with E-state index in [9.17, 15) is 4.79 Å². The van der Waals surface area contributed by atoms with Gasteiger partial charge in [0.15, 0.2) is 0 Å². The molecule has 0 spiro atoms. The van der Waals surface area contributed by atoms with Crippen LogP contribution in [0.25, 0.3) is 0 Å². The van der Waals surface area contributed by atoms with Crippen LogP contribution in [0, 0.1) is 0 Å². The van der Waals surface area contributed by atoms with Crippen molar-refractivity contribution >= 4 is 5.91 Å². The highest BCUT2D eigenvalue weighted by Gasteiger charge is 2.03. The van der Waals surface area contributed by atoms with Gasteiger partial charge in [-0.15, -0.1) is 0 Å². The number of carbonyl (C=O) groups is 1. The number of nitrogens with two attached hydrogens (primary N) is 1. The van der Waals surface area contributed by atoms with Crippen LogP contribution in [0.15, 0.2) is 12.4 Å². The number of primary amides is 1. The molecule has 1 aliphatic rings. The van der Waals surface area contributed by atoms with Crippen LogP contribution in [-0.2, 0) is 4.79 Å². The van der Waals surface area contributed by atoms with Gasteiger partial charge in [-0.05, 0) is 6.92 Å². The largest absolute Gasteiger partial charge is 0.370 e. The minimum Gasteiger partial charge on any atom is -0.370 e. The van der Waals surface area contributed by atoms with E-state index in [1.54, 1.807) is 0 Å². The lowest BCUT2D eigenvalue weighted by atomic mass is 10.6. The molecule has 4 heteroatoms. The normalized spacial score (nSPS) is 14.2. The average molecular weight is 171 g/mol. The molecular formula is C8H17N3O. The lowest BCUT2D eigenvalue weighted by Gasteiger charge is -2.14. The fourth-order valence-electron chi connectivity index (χ4n) is 0.794. The van der Waals surface area contributed by atoms with Crippen LogP contribution in [0.5, 0.6) is 0 Å². The number of hydrogen-bond acceptors (Lipinski definition) is 3. The van der Waals surface area contributed by atoms with E-state index in [-0.39, 0.29) is 5.91 Å².